The summed E-state index contributed by atoms with van der Waals surface area (Å²) >= 11 is 5.96. The molecule has 0 aliphatic rings. The molecule has 0 bridgehead atoms. The standard InChI is InChI=1S/C12H13ClN4/c1-8-2-3-9(13)6-11(8)16-10-4-5-15-12(7-10)17-14/h2-7H,14H2,1H3,(H2,15,16,17). The Balaban J connectivity index is 2.27. The number of anilines is 3. The summed E-state index contributed by atoms with van der Waals surface area (Å²) in [5.41, 5.74) is 5.49. The zero-order valence-corrected chi connectivity index (χ0v) is 10.1. The van der Waals surface area contributed by atoms with E-state index in [4.69, 9.17) is 17.4 Å². The van der Waals surface area contributed by atoms with Gasteiger partial charge in [-0.1, -0.05) is 17.7 Å². The number of nitrogen functional groups attached to an aromatic ring is 1. The number of hydrogen-bond donors (Lipinski definition) is 3. The van der Waals surface area contributed by atoms with Gasteiger partial charge in [-0.05, 0) is 30.7 Å². The lowest BCUT2D eigenvalue weighted by Gasteiger charge is -2.10. The minimum absolute atomic E-state index is 0.606. The summed E-state index contributed by atoms with van der Waals surface area (Å²) in [5.74, 6) is 5.91. The molecule has 2 rings (SSSR count). The molecule has 0 saturated carbocycles. The first-order valence-electron chi connectivity index (χ1n) is 5.15. The van der Waals surface area contributed by atoms with Crippen LogP contribution in [0.3, 0.4) is 0 Å². The molecule has 0 radical (unpaired) electrons. The van der Waals surface area contributed by atoms with Crippen LogP contribution in [0, 0.1) is 6.92 Å². The smallest absolute Gasteiger partial charge is 0.141 e. The van der Waals surface area contributed by atoms with Crippen LogP contribution in [-0.2, 0) is 0 Å². The highest BCUT2D eigenvalue weighted by Crippen LogP contribution is 2.24. The van der Waals surface area contributed by atoms with Gasteiger partial charge in [0.25, 0.3) is 0 Å². The number of aromatic nitrogens is 1. The van der Waals surface area contributed by atoms with E-state index in [-0.39, 0.29) is 0 Å². The van der Waals surface area contributed by atoms with Crippen molar-refractivity contribution in [3.63, 3.8) is 0 Å². The van der Waals surface area contributed by atoms with Gasteiger partial charge in [-0.2, -0.15) is 0 Å². The molecule has 88 valence electrons. The van der Waals surface area contributed by atoms with Gasteiger partial charge < -0.3 is 10.7 Å². The Morgan fingerprint density at radius 2 is 2.06 bits per heavy atom. The van der Waals surface area contributed by atoms with Crippen LogP contribution < -0.4 is 16.6 Å². The summed E-state index contributed by atoms with van der Waals surface area (Å²) in [4.78, 5) is 4.04. The van der Waals surface area contributed by atoms with Gasteiger partial charge in [-0.3, -0.25) is 0 Å². The number of aryl methyl sites for hydroxylation is 1. The third-order valence-electron chi connectivity index (χ3n) is 2.39. The molecule has 0 saturated heterocycles. The molecule has 0 fully saturated rings. The van der Waals surface area contributed by atoms with Crippen molar-refractivity contribution in [3.8, 4) is 0 Å². The highest BCUT2D eigenvalue weighted by atomic mass is 35.5. The van der Waals surface area contributed by atoms with Gasteiger partial charge in [0, 0.05) is 28.7 Å². The molecule has 0 atom stereocenters. The highest BCUT2D eigenvalue weighted by Gasteiger charge is 2.01. The maximum atomic E-state index is 5.96. The van der Waals surface area contributed by atoms with Crippen molar-refractivity contribution in [3.05, 3.63) is 47.1 Å². The monoisotopic (exact) mass is 248 g/mol. The zero-order chi connectivity index (χ0) is 12.3. The molecule has 4 N–H and O–H groups in total. The number of hydrogen-bond acceptors (Lipinski definition) is 4. The number of nitrogens with zero attached hydrogens (tertiary/aromatic N) is 1. The van der Waals surface area contributed by atoms with E-state index in [1.54, 1.807) is 6.20 Å². The van der Waals surface area contributed by atoms with Gasteiger partial charge in [-0.15, -0.1) is 0 Å². The number of hydrazine groups is 1. The van der Waals surface area contributed by atoms with Crippen molar-refractivity contribution < 1.29 is 0 Å². The lowest BCUT2D eigenvalue weighted by molar-refractivity contribution is 1.23. The summed E-state index contributed by atoms with van der Waals surface area (Å²) < 4.78 is 0. The second-order valence-corrected chi connectivity index (χ2v) is 4.09. The number of nitrogens with two attached hydrogens (primary N) is 1. The van der Waals surface area contributed by atoms with E-state index >= 15 is 0 Å². The molecule has 5 heteroatoms. The van der Waals surface area contributed by atoms with Gasteiger partial charge in [0.05, 0.1) is 0 Å². The van der Waals surface area contributed by atoms with E-state index in [1.807, 2.05) is 37.3 Å². The van der Waals surface area contributed by atoms with Crippen LogP contribution >= 0.6 is 11.6 Å². The lowest BCUT2D eigenvalue weighted by Crippen LogP contribution is -2.08. The molecule has 1 heterocycles. The Morgan fingerprint density at radius 3 is 2.82 bits per heavy atom. The topological polar surface area (TPSA) is 63.0 Å². The Morgan fingerprint density at radius 1 is 1.24 bits per heavy atom. The summed E-state index contributed by atoms with van der Waals surface area (Å²) in [6.07, 6.45) is 1.68. The van der Waals surface area contributed by atoms with E-state index in [2.05, 4.69) is 15.7 Å². The Bertz CT molecular complexity index is 528. The van der Waals surface area contributed by atoms with Crippen molar-refractivity contribution in [1.82, 2.24) is 4.98 Å². The molecular formula is C12H13ClN4. The molecular weight excluding hydrogens is 236 g/mol. The lowest BCUT2D eigenvalue weighted by atomic mass is 10.2. The number of nitrogens with one attached hydrogen (secondary N) is 2. The van der Waals surface area contributed by atoms with Crippen molar-refractivity contribution in [2.45, 2.75) is 6.92 Å². The summed E-state index contributed by atoms with van der Waals surface area (Å²) in [6, 6.07) is 9.39. The highest BCUT2D eigenvalue weighted by molar-refractivity contribution is 6.30. The molecule has 1 aromatic carbocycles. The van der Waals surface area contributed by atoms with Crippen LogP contribution in [-0.4, -0.2) is 4.98 Å². The van der Waals surface area contributed by atoms with Gasteiger partial charge in [0.15, 0.2) is 0 Å². The first-order valence-corrected chi connectivity index (χ1v) is 5.52. The fourth-order valence-corrected chi connectivity index (χ4v) is 1.64. The average molecular weight is 249 g/mol. The van der Waals surface area contributed by atoms with Crippen molar-refractivity contribution in [2.75, 3.05) is 10.7 Å². The van der Waals surface area contributed by atoms with Crippen LogP contribution in [0.25, 0.3) is 0 Å². The Kier molecular flexibility index (Phi) is 3.46. The summed E-state index contributed by atoms with van der Waals surface area (Å²) in [6.45, 7) is 2.02. The van der Waals surface area contributed by atoms with Crippen LogP contribution in [0.15, 0.2) is 36.5 Å². The van der Waals surface area contributed by atoms with Crippen LogP contribution in [0.2, 0.25) is 5.02 Å². The predicted octanol–water partition coefficient (Wildman–Crippen LogP) is 3.07. The molecule has 2 aromatic rings. The van der Waals surface area contributed by atoms with Gasteiger partial charge in [0.1, 0.15) is 5.82 Å². The third kappa shape index (κ3) is 2.87. The maximum Gasteiger partial charge on any atom is 0.141 e. The molecule has 17 heavy (non-hydrogen) atoms. The summed E-state index contributed by atoms with van der Waals surface area (Å²) in [7, 11) is 0. The number of pyridine rings is 1. The maximum absolute atomic E-state index is 5.96. The molecule has 0 aliphatic carbocycles. The van der Waals surface area contributed by atoms with E-state index in [0.29, 0.717) is 10.8 Å². The SMILES string of the molecule is Cc1ccc(Cl)cc1Nc1ccnc(NN)c1. The van der Waals surface area contributed by atoms with E-state index in [1.165, 1.54) is 0 Å². The minimum atomic E-state index is 0.606. The largest absolute Gasteiger partial charge is 0.355 e. The van der Waals surface area contributed by atoms with E-state index in [0.717, 1.165) is 16.9 Å². The predicted molar refractivity (Wildman–Crippen MR) is 71.5 cm³/mol. The van der Waals surface area contributed by atoms with Gasteiger partial charge in [-0.25, -0.2) is 10.8 Å². The average Bonchev–Trinajstić information content (AvgIpc) is 2.34. The zero-order valence-electron chi connectivity index (χ0n) is 9.37. The van der Waals surface area contributed by atoms with Crippen LogP contribution in [0.1, 0.15) is 5.56 Å². The fraction of sp³-hybridized carbons (Fsp3) is 0.0833. The Hall–Kier alpha value is -1.78. The van der Waals surface area contributed by atoms with Crippen LogP contribution in [0.4, 0.5) is 17.2 Å². The van der Waals surface area contributed by atoms with Crippen molar-refractivity contribution >= 4 is 28.8 Å². The van der Waals surface area contributed by atoms with Crippen LogP contribution in [0.5, 0.6) is 0 Å². The fourth-order valence-electron chi connectivity index (χ4n) is 1.47. The van der Waals surface area contributed by atoms with Gasteiger partial charge in [0.2, 0.25) is 0 Å². The molecule has 0 amide bonds. The minimum Gasteiger partial charge on any atom is -0.355 e. The molecule has 0 spiro atoms. The van der Waals surface area contributed by atoms with Gasteiger partial charge >= 0.3 is 0 Å². The number of halogens is 1. The molecule has 0 unspecified atom stereocenters. The molecule has 4 nitrogen and oxygen atoms in total. The first kappa shape index (κ1) is 11.7. The quantitative estimate of drug-likeness (QED) is 0.577. The van der Waals surface area contributed by atoms with Crippen molar-refractivity contribution in [2.24, 2.45) is 5.84 Å². The summed E-state index contributed by atoms with van der Waals surface area (Å²) in [5, 5.41) is 3.97. The second-order valence-electron chi connectivity index (χ2n) is 3.66. The number of rotatable bonds is 3. The van der Waals surface area contributed by atoms with E-state index in [9.17, 15) is 0 Å². The van der Waals surface area contributed by atoms with Crippen molar-refractivity contribution in [1.29, 1.82) is 0 Å². The first-order chi connectivity index (χ1) is 8.19. The normalized spacial score (nSPS) is 10.1. The Labute approximate surface area is 105 Å². The molecule has 0 aliphatic heterocycles. The number of benzene rings is 1. The second kappa shape index (κ2) is 5.03. The third-order valence-corrected chi connectivity index (χ3v) is 2.62. The molecule has 1 aromatic heterocycles. The van der Waals surface area contributed by atoms with E-state index < -0.39 is 0 Å².